The molecule has 28 heavy (non-hydrogen) atoms. The third-order valence-electron chi connectivity index (χ3n) is 4.49. The second-order valence-electron chi connectivity index (χ2n) is 6.15. The summed E-state index contributed by atoms with van der Waals surface area (Å²) in [6.07, 6.45) is 0.651. The Balaban J connectivity index is 1.89. The Morgan fingerprint density at radius 1 is 1.14 bits per heavy atom. The van der Waals surface area contributed by atoms with Crippen LogP contribution in [-0.2, 0) is 25.9 Å². The second kappa shape index (κ2) is 8.62. The summed E-state index contributed by atoms with van der Waals surface area (Å²) in [5, 5.41) is 0. The van der Waals surface area contributed by atoms with Gasteiger partial charge in [-0.05, 0) is 43.2 Å². The van der Waals surface area contributed by atoms with E-state index in [9.17, 15) is 13.2 Å². The number of ether oxygens (including phenoxy) is 3. The van der Waals surface area contributed by atoms with Crippen LogP contribution in [0.2, 0.25) is 0 Å². The van der Waals surface area contributed by atoms with Crippen molar-refractivity contribution >= 4 is 21.7 Å². The molecule has 8 heteroatoms. The van der Waals surface area contributed by atoms with Crippen molar-refractivity contribution in [3.63, 3.8) is 0 Å². The van der Waals surface area contributed by atoms with Crippen LogP contribution in [0.15, 0.2) is 47.4 Å². The molecule has 0 aromatic heterocycles. The standard InChI is InChI=1S/C20H23NO6S/c1-3-26-12-13-27-20(22)17-14-16(8-9-19(17)25-2)28(23,24)21-11-10-15-6-4-5-7-18(15)21/h4-9,14H,3,10-13H2,1-2H3. The topological polar surface area (TPSA) is 82.1 Å². The lowest BCUT2D eigenvalue weighted by atomic mass is 10.2. The molecule has 3 rings (SSSR count). The van der Waals surface area contributed by atoms with Crippen LogP contribution in [0.3, 0.4) is 0 Å². The van der Waals surface area contributed by atoms with Crippen LogP contribution >= 0.6 is 0 Å². The highest BCUT2D eigenvalue weighted by Crippen LogP contribution is 2.34. The van der Waals surface area contributed by atoms with Gasteiger partial charge in [-0.1, -0.05) is 18.2 Å². The van der Waals surface area contributed by atoms with Gasteiger partial charge in [-0.3, -0.25) is 4.31 Å². The van der Waals surface area contributed by atoms with Gasteiger partial charge in [0.1, 0.15) is 17.9 Å². The molecule has 0 N–H and O–H groups in total. The van der Waals surface area contributed by atoms with E-state index in [4.69, 9.17) is 14.2 Å². The fraction of sp³-hybridized carbons (Fsp3) is 0.350. The highest BCUT2D eigenvalue weighted by Gasteiger charge is 2.31. The van der Waals surface area contributed by atoms with E-state index in [-0.39, 0.29) is 29.4 Å². The molecule has 0 spiro atoms. The van der Waals surface area contributed by atoms with Crippen molar-refractivity contribution in [1.29, 1.82) is 0 Å². The minimum atomic E-state index is -3.82. The van der Waals surface area contributed by atoms with Gasteiger partial charge in [0.2, 0.25) is 0 Å². The number of carbonyl (C=O) groups is 1. The smallest absolute Gasteiger partial charge is 0.342 e. The zero-order chi connectivity index (χ0) is 20.1. The molecule has 1 aliphatic rings. The quantitative estimate of drug-likeness (QED) is 0.496. The van der Waals surface area contributed by atoms with Crippen molar-refractivity contribution in [1.82, 2.24) is 0 Å². The first-order chi connectivity index (χ1) is 13.5. The number of fused-ring (bicyclic) bond motifs is 1. The van der Waals surface area contributed by atoms with E-state index < -0.39 is 16.0 Å². The SMILES string of the molecule is CCOCCOC(=O)c1cc(S(=O)(=O)N2CCc3ccccc32)ccc1OC. The zero-order valence-corrected chi connectivity index (χ0v) is 16.7. The van der Waals surface area contributed by atoms with Gasteiger partial charge in [0.05, 0.1) is 24.3 Å². The van der Waals surface area contributed by atoms with E-state index in [2.05, 4.69) is 0 Å². The Bertz CT molecular complexity index is 957. The molecule has 150 valence electrons. The zero-order valence-electron chi connectivity index (χ0n) is 15.9. The average Bonchev–Trinajstić information content (AvgIpc) is 3.15. The van der Waals surface area contributed by atoms with Crippen molar-refractivity contribution in [2.75, 3.05) is 37.8 Å². The minimum Gasteiger partial charge on any atom is -0.496 e. The first kappa shape index (κ1) is 20.2. The van der Waals surface area contributed by atoms with Crippen LogP contribution in [0, 0.1) is 0 Å². The van der Waals surface area contributed by atoms with E-state index in [0.717, 1.165) is 5.56 Å². The highest BCUT2D eigenvalue weighted by atomic mass is 32.2. The van der Waals surface area contributed by atoms with Gasteiger partial charge < -0.3 is 14.2 Å². The van der Waals surface area contributed by atoms with Crippen LogP contribution in [-0.4, -0.2) is 47.9 Å². The summed E-state index contributed by atoms with van der Waals surface area (Å²) in [5.41, 5.74) is 1.71. The number of rotatable bonds is 8. The molecule has 1 aliphatic heterocycles. The van der Waals surface area contributed by atoms with E-state index >= 15 is 0 Å². The Kier molecular flexibility index (Phi) is 6.21. The lowest BCUT2D eigenvalue weighted by molar-refractivity contribution is 0.0332. The summed E-state index contributed by atoms with van der Waals surface area (Å²) < 4.78 is 43.3. The number of sulfonamides is 1. The third kappa shape index (κ3) is 3.98. The van der Waals surface area contributed by atoms with Gasteiger partial charge in [0.15, 0.2) is 0 Å². The average molecular weight is 405 g/mol. The fourth-order valence-corrected chi connectivity index (χ4v) is 4.64. The Morgan fingerprint density at radius 2 is 1.93 bits per heavy atom. The minimum absolute atomic E-state index is 0.0155. The molecular formula is C20H23NO6S. The Hall–Kier alpha value is -2.58. The predicted molar refractivity (Wildman–Crippen MR) is 104 cm³/mol. The van der Waals surface area contributed by atoms with Crippen molar-refractivity contribution in [2.24, 2.45) is 0 Å². The number of benzene rings is 2. The first-order valence-electron chi connectivity index (χ1n) is 9.02. The number of esters is 1. The number of methoxy groups -OCH3 is 1. The van der Waals surface area contributed by atoms with Crippen LogP contribution in [0.4, 0.5) is 5.69 Å². The van der Waals surface area contributed by atoms with Gasteiger partial charge >= 0.3 is 5.97 Å². The molecule has 0 bridgehead atoms. The summed E-state index contributed by atoms with van der Waals surface area (Å²) in [6, 6.07) is 11.6. The maximum absolute atomic E-state index is 13.2. The molecule has 2 aromatic rings. The van der Waals surface area contributed by atoms with Crippen molar-refractivity contribution in [2.45, 2.75) is 18.2 Å². The molecule has 0 atom stereocenters. The largest absolute Gasteiger partial charge is 0.496 e. The molecule has 0 saturated carbocycles. The van der Waals surface area contributed by atoms with Crippen LogP contribution in [0.5, 0.6) is 5.75 Å². The molecule has 7 nitrogen and oxygen atoms in total. The summed E-state index contributed by atoms with van der Waals surface area (Å²) in [7, 11) is -2.40. The van der Waals surface area contributed by atoms with Gasteiger partial charge in [-0.25, -0.2) is 13.2 Å². The van der Waals surface area contributed by atoms with E-state index in [1.807, 2.05) is 25.1 Å². The lowest BCUT2D eigenvalue weighted by Gasteiger charge is -2.20. The number of para-hydroxylation sites is 1. The normalized spacial score (nSPS) is 13.3. The second-order valence-corrected chi connectivity index (χ2v) is 8.01. The summed E-state index contributed by atoms with van der Waals surface area (Å²) in [4.78, 5) is 12.4. The first-order valence-corrected chi connectivity index (χ1v) is 10.5. The Labute approximate surface area is 164 Å². The number of anilines is 1. The van der Waals surface area contributed by atoms with Gasteiger partial charge in [0, 0.05) is 13.2 Å². The molecule has 0 unspecified atom stereocenters. The number of nitrogens with zero attached hydrogens (tertiary/aromatic N) is 1. The summed E-state index contributed by atoms with van der Waals surface area (Å²) in [5.74, 6) is -0.405. The molecule has 0 fully saturated rings. The Morgan fingerprint density at radius 3 is 2.68 bits per heavy atom. The molecule has 1 heterocycles. The van der Waals surface area contributed by atoms with E-state index in [0.29, 0.717) is 25.3 Å². The monoisotopic (exact) mass is 405 g/mol. The lowest BCUT2D eigenvalue weighted by Crippen LogP contribution is -2.29. The summed E-state index contributed by atoms with van der Waals surface area (Å²) >= 11 is 0. The van der Waals surface area contributed by atoms with Crippen molar-refractivity contribution < 1.29 is 27.4 Å². The molecule has 0 radical (unpaired) electrons. The molecule has 0 saturated heterocycles. The maximum Gasteiger partial charge on any atom is 0.342 e. The fourth-order valence-electron chi connectivity index (χ4n) is 3.11. The van der Waals surface area contributed by atoms with Crippen molar-refractivity contribution in [3.05, 3.63) is 53.6 Å². The van der Waals surface area contributed by atoms with Crippen molar-refractivity contribution in [3.8, 4) is 5.75 Å². The molecular weight excluding hydrogens is 382 g/mol. The van der Waals surface area contributed by atoms with Crippen LogP contribution < -0.4 is 9.04 Å². The summed E-state index contributed by atoms with van der Waals surface area (Å²) in [6.45, 7) is 3.07. The van der Waals surface area contributed by atoms with Crippen LogP contribution in [0.1, 0.15) is 22.8 Å². The van der Waals surface area contributed by atoms with Crippen LogP contribution in [0.25, 0.3) is 0 Å². The predicted octanol–water partition coefficient (Wildman–Crippen LogP) is 2.64. The number of hydrogen-bond acceptors (Lipinski definition) is 6. The highest BCUT2D eigenvalue weighted by molar-refractivity contribution is 7.92. The van der Waals surface area contributed by atoms with Gasteiger partial charge in [0.25, 0.3) is 10.0 Å². The molecule has 2 aromatic carbocycles. The number of carbonyl (C=O) groups excluding carboxylic acids is 1. The van der Waals surface area contributed by atoms with Gasteiger partial charge in [-0.15, -0.1) is 0 Å². The molecule has 0 aliphatic carbocycles. The maximum atomic E-state index is 13.2. The third-order valence-corrected chi connectivity index (χ3v) is 6.30. The number of hydrogen-bond donors (Lipinski definition) is 0. The van der Waals surface area contributed by atoms with E-state index in [1.165, 1.54) is 29.6 Å². The molecule has 0 amide bonds. The van der Waals surface area contributed by atoms with E-state index in [1.54, 1.807) is 6.07 Å². The van der Waals surface area contributed by atoms with Gasteiger partial charge in [-0.2, -0.15) is 0 Å².